The van der Waals surface area contributed by atoms with Crippen molar-refractivity contribution in [3.05, 3.63) is 28.2 Å². The molecule has 2 aromatic rings. The number of rotatable bonds is 6. The molecule has 1 N–H and O–H groups in total. The van der Waals surface area contributed by atoms with Gasteiger partial charge < -0.3 is 5.32 Å². The summed E-state index contributed by atoms with van der Waals surface area (Å²) in [5.74, 6) is 3.45. The molecule has 6 nitrogen and oxygen atoms in total. The summed E-state index contributed by atoms with van der Waals surface area (Å²) < 4.78 is 1.66. The van der Waals surface area contributed by atoms with E-state index in [1.54, 1.807) is 16.8 Å². The van der Waals surface area contributed by atoms with E-state index in [0.29, 0.717) is 46.0 Å². The summed E-state index contributed by atoms with van der Waals surface area (Å²) >= 11 is 1.44. The van der Waals surface area contributed by atoms with Crippen LogP contribution in [0.2, 0.25) is 16.6 Å². The van der Waals surface area contributed by atoms with Crippen molar-refractivity contribution in [2.75, 3.05) is 6.26 Å². The number of pyridine rings is 1. The van der Waals surface area contributed by atoms with Crippen molar-refractivity contribution in [3.63, 3.8) is 0 Å². The maximum Gasteiger partial charge on any atom is 0.253 e. The fraction of sp³-hybridized carbons (Fsp3) is 0.583. The highest BCUT2D eigenvalue weighted by atomic mass is 32.2. The van der Waals surface area contributed by atoms with Crippen LogP contribution in [0.1, 0.15) is 59.9 Å². The molecule has 32 heavy (non-hydrogen) atoms. The smallest absolute Gasteiger partial charge is 0.253 e. The molecule has 0 radical (unpaired) electrons. The molecule has 1 atom stereocenters. The van der Waals surface area contributed by atoms with Gasteiger partial charge in [-0.1, -0.05) is 59.2 Å². The number of nitrogens with one attached hydrogen (secondary N) is 1. The van der Waals surface area contributed by atoms with Gasteiger partial charge in [0, 0.05) is 36.8 Å². The van der Waals surface area contributed by atoms with Crippen LogP contribution in [-0.4, -0.2) is 40.8 Å². The fourth-order valence-corrected chi connectivity index (χ4v) is 10.7. The highest BCUT2D eigenvalue weighted by Gasteiger charge is 2.41. The van der Waals surface area contributed by atoms with Crippen molar-refractivity contribution < 1.29 is 4.79 Å². The second kappa shape index (κ2) is 9.80. The Morgan fingerprint density at radius 1 is 1.19 bits per heavy atom. The Morgan fingerprint density at radius 2 is 1.84 bits per heavy atom. The largest absolute Gasteiger partial charge is 0.352 e. The Morgan fingerprint density at radius 3 is 2.38 bits per heavy atom. The zero-order valence-electron chi connectivity index (χ0n) is 20.2. The quantitative estimate of drug-likeness (QED) is 0.294. The number of aromatic nitrogens is 3. The normalized spacial score (nSPS) is 16.7. The molecule has 0 aliphatic carbocycles. The Labute approximate surface area is 196 Å². The number of carbonyl (C=O) groups excluding carboxylic acids is 1. The molecule has 1 saturated heterocycles. The van der Waals surface area contributed by atoms with Crippen LogP contribution >= 0.6 is 11.8 Å². The highest BCUT2D eigenvalue weighted by molar-refractivity contribution is 7.98. The summed E-state index contributed by atoms with van der Waals surface area (Å²) in [4.78, 5) is 34.0. The highest BCUT2D eigenvalue weighted by Crippen LogP contribution is 2.40. The van der Waals surface area contributed by atoms with Gasteiger partial charge in [-0.25, -0.2) is 9.97 Å². The molecule has 0 unspecified atom stereocenters. The third-order valence-electron chi connectivity index (χ3n) is 6.78. The van der Waals surface area contributed by atoms with Crippen molar-refractivity contribution >= 4 is 36.8 Å². The predicted octanol–water partition coefficient (Wildman–Crippen LogP) is 4.36. The molecule has 3 heterocycles. The Balaban J connectivity index is 2.18. The number of thioether (sulfide) groups is 1. The zero-order chi connectivity index (χ0) is 23.6. The lowest BCUT2D eigenvalue weighted by atomic mass is 10.1. The number of hydrogen-bond acceptors (Lipinski definition) is 5. The average molecular weight is 471 g/mol. The van der Waals surface area contributed by atoms with E-state index in [4.69, 9.17) is 0 Å². The van der Waals surface area contributed by atoms with Gasteiger partial charge in [-0.05, 0) is 29.3 Å². The first-order valence-electron chi connectivity index (χ1n) is 11.4. The van der Waals surface area contributed by atoms with Crippen LogP contribution < -0.4 is 10.9 Å². The molecule has 1 aliphatic heterocycles. The van der Waals surface area contributed by atoms with Crippen molar-refractivity contribution in [3.8, 4) is 11.5 Å². The van der Waals surface area contributed by atoms with Gasteiger partial charge in [0.2, 0.25) is 5.91 Å². The molecule has 0 spiro atoms. The van der Waals surface area contributed by atoms with E-state index in [0.717, 1.165) is 11.8 Å². The predicted molar refractivity (Wildman–Crippen MR) is 135 cm³/mol. The average Bonchev–Trinajstić information content (AvgIpc) is 3.14. The summed E-state index contributed by atoms with van der Waals surface area (Å²) in [6, 6.07) is 1.56. The Bertz CT molecular complexity index is 1110. The topological polar surface area (TPSA) is 76.9 Å². The van der Waals surface area contributed by atoms with E-state index in [9.17, 15) is 9.59 Å². The van der Waals surface area contributed by atoms with Crippen LogP contribution in [0.15, 0.2) is 22.2 Å². The van der Waals surface area contributed by atoms with E-state index in [-0.39, 0.29) is 17.5 Å². The lowest BCUT2D eigenvalue weighted by Crippen LogP contribution is -2.43. The monoisotopic (exact) mass is 470 g/mol. The number of fused-ring (bicyclic) bond motifs is 1. The van der Waals surface area contributed by atoms with Gasteiger partial charge in [-0.15, -0.1) is 5.54 Å². The Hall–Kier alpha value is -2.11. The lowest BCUT2D eigenvalue weighted by Gasteiger charge is -2.38. The molecule has 3 rings (SSSR count). The molecule has 0 bridgehead atoms. The van der Waals surface area contributed by atoms with Gasteiger partial charge in [0.25, 0.3) is 5.56 Å². The summed E-state index contributed by atoms with van der Waals surface area (Å²) in [7, 11) is -1.95. The molecule has 8 heteroatoms. The molecule has 1 aliphatic rings. The standard InChI is InChI=1S/C24H34N4O2SSi/c1-15(2)32(16(3)4,17(5)6)11-10-18-12-22(30)28(14-19-8-9-21(29)26-19)23-20(18)13-25-24(27-23)31-7/h12-13,15-17,19H,8-9,14H2,1-7H3,(H,26,29)/t19-/m0/s1. The van der Waals surface area contributed by atoms with Gasteiger partial charge in [-0.2, -0.15) is 0 Å². The minimum Gasteiger partial charge on any atom is -0.352 e. The summed E-state index contributed by atoms with van der Waals surface area (Å²) in [6.07, 6.45) is 4.92. The molecular weight excluding hydrogens is 436 g/mol. The number of hydrogen-bond donors (Lipinski definition) is 1. The number of carbonyl (C=O) groups is 1. The summed E-state index contributed by atoms with van der Waals surface area (Å²) in [6.45, 7) is 14.1. The van der Waals surface area contributed by atoms with E-state index >= 15 is 0 Å². The first-order valence-corrected chi connectivity index (χ1v) is 14.8. The van der Waals surface area contributed by atoms with Gasteiger partial charge >= 0.3 is 0 Å². The molecule has 0 saturated carbocycles. The fourth-order valence-electron chi connectivity index (χ4n) is 5.16. The maximum absolute atomic E-state index is 13.2. The van der Waals surface area contributed by atoms with Crippen molar-refractivity contribution in [1.29, 1.82) is 0 Å². The van der Waals surface area contributed by atoms with Gasteiger partial charge in [0.15, 0.2) is 5.16 Å². The third-order valence-corrected chi connectivity index (χ3v) is 13.6. The second-order valence-corrected chi connectivity index (χ2v) is 15.9. The summed E-state index contributed by atoms with van der Waals surface area (Å²) in [5.41, 5.74) is 6.39. The molecule has 172 valence electrons. The van der Waals surface area contributed by atoms with E-state index in [1.807, 2.05) is 6.26 Å². The van der Waals surface area contributed by atoms with Crippen LogP contribution in [0, 0.1) is 11.5 Å². The van der Waals surface area contributed by atoms with Gasteiger partial charge in [0.1, 0.15) is 13.7 Å². The third kappa shape index (κ3) is 4.64. The molecule has 0 aromatic carbocycles. The molecular formula is C24H34N4O2SSi. The van der Waals surface area contributed by atoms with Crippen molar-refractivity contribution in [2.45, 2.75) is 88.8 Å². The van der Waals surface area contributed by atoms with E-state index < -0.39 is 8.07 Å². The van der Waals surface area contributed by atoms with Crippen LogP contribution in [-0.2, 0) is 11.3 Å². The molecule has 1 fully saturated rings. The van der Waals surface area contributed by atoms with E-state index in [1.165, 1.54) is 11.8 Å². The van der Waals surface area contributed by atoms with Crippen LogP contribution in [0.25, 0.3) is 11.0 Å². The lowest BCUT2D eigenvalue weighted by molar-refractivity contribution is -0.119. The maximum atomic E-state index is 13.2. The minimum atomic E-state index is -1.95. The minimum absolute atomic E-state index is 0.0339. The van der Waals surface area contributed by atoms with Crippen molar-refractivity contribution in [1.82, 2.24) is 19.9 Å². The van der Waals surface area contributed by atoms with Crippen LogP contribution in [0.3, 0.4) is 0 Å². The summed E-state index contributed by atoms with van der Waals surface area (Å²) in [5, 5.41) is 4.35. The Kier molecular flexibility index (Phi) is 7.51. The molecule has 1 amide bonds. The van der Waals surface area contributed by atoms with Gasteiger partial charge in [-0.3, -0.25) is 14.2 Å². The van der Waals surface area contributed by atoms with E-state index in [2.05, 4.69) is 68.3 Å². The first-order chi connectivity index (χ1) is 15.1. The van der Waals surface area contributed by atoms with Gasteiger partial charge in [0.05, 0.1) is 5.39 Å². The zero-order valence-corrected chi connectivity index (χ0v) is 22.0. The van der Waals surface area contributed by atoms with Crippen LogP contribution in [0.4, 0.5) is 0 Å². The number of amides is 1. The second-order valence-electron chi connectivity index (χ2n) is 9.55. The first kappa shape index (κ1) is 24.5. The molecule has 2 aromatic heterocycles. The van der Waals surface area contributed by atoms with Crippen LogP contribution in [0.5, 0.6) is 0 Å². The van der Waals surface area contributed by atoms with Crippen molar-refractivity contribution in [2.24, 2.45) is 0 Å². The number of nitrogens with zero attached hydrogens (tertiary/aromatic N) is 3. The SMILES string of the molecule is CSc1ncc2c(C#C[Si](C(C)C)(C(C)C)C(C)C)cc(=O)n(C[C@@H]3CCC(=O)N3)c2n1.